The van der Waals surface area contributed by atoms with Crippen molar-refractivity contribution in [1.29, 1.82) is 0 Å². The third kappa shape index (κ3) is 5.36. The summed E-state index contributed by atoms with van der Waals surface area (Å²) in [6.45, 7) is 1.74. The van der Waals surface area contributed by atoms with Crippen molar-refractivity contribution in [1.82, 2.24) is 9.62 Å². The van der Waals surface area contributed by atoms with Crippen molar-refractivity contribution in [2.24, 2.45) is 5.92 Å². The maximum atomic E-state index is 13.5. The summed E-state index contributed by atoms with van der Waals surface area (Å²) in [4.78, 5) is 12.4. The number of carbonyl (C=O) groups excluding carboxylic acids is 1. The second-order valence-electron chi connectivity index (χ2n) is 8.72. The average molecular weight is 461 g/mol. The lowest BCUT2D eigenvalue weighted by molar-refractivity contribution is -0.132. The molecule has 172 valence electrons. The van der Waals surface area contributed by atoms with E-state index in [0.29, 0.717) is 45.5 Å². The molecule has 0 bridgehead atoms. The van der Waals surface area contributed by atoms with Crippen LogP contribution in [0.3, 0.4) is 0 Å². The molecule has 2 aliphatic rings. The first kappa shape index (κ1) is 22.9. The van der Waals surface area contributed by atoms with Gasteiger partial charge in [-0.25, -0.2) is 12.8 Å². The third-order valence-corrected chi connectivity index (χ3v) is 8.36. The van der Waals surface area contributed by atoms with Crippen LogP contribution in [0, 0.1) is 11.7 Å². The minimum absolute atomic E-state index is 0.0222. The third-order valence-electron chi connectivity index (χ3n) is 6.47. The number of nitrogens with zero attached hydrogens (tertiary/aromatic N) is 1. The molecule has 0 radical (unpaired) electrons. The minimum Gasteiger partial charge on any atom is -0.375 e. The summed E-state index contributed by atoms with van der Waals surface area (Å²) in [6.07, 6.45) is 3.17. The second kappa shape index (κ2) is 9.68. The van der Waals surface area contributed by atoms with Crippen LogP contribution < -0.4 is 5.32 Å². The van der Waals surface area contributed by atoms with Gasteiger partial charge in [-0.3, -0.25) is 4.79 Å². The molecule has 2 fully saturated rings. The summed E-state index contributed by atoms with van der Waals surface area (Å²) in [7, 11) is -3.73. The number of piperidine rings is 1. The molecule has 0 saturated carbocycles. The summed E-state index contributed by atoms with van der Waals surface area (Å²) < 4.78 is 46.8. The molecule has 1 amide bonds. The van der Waals surface area contributed by atoms with Crippen molar-refractivity contribution in [3.8, 4) is 0 Å². The molecule has 2 aromatic carbocycles. The Hall–Kier alpha value is -2.29. The molecular formula is C24H29FN2O4S. The number of halogens is 1. The number of amides is 1. The Morgan fingerprint density at radius 1 is 1.12 bits per heavy atom. The number of rotatable bonds is 6. The van der Waals surface area contributed by atoms with Crippen molar-refractivity contribution in [2.75, 3.05) is 19.7 Å². The van der Waals surface area contributed by atoms with E-state index in [1.54, 1.807) is 0 Å². The van der Waals surface area contributed by atoms with E-state index in [4.69, 9.17) is 4.74 Å². The van der Waals surface area contributed by atoms with E-state index >= 15 is 0 Å². The van der Waals surface area contributed by atoms with Gasteiger partial charge < -0.3 is 10.1 Å². The van der Waals surface area contributed by atoms with Crippen LogP contribution in [0.15, 0.2) is 59.5 Å². The smallest absolute Gasteiger partial charge is 0.243 e. The van der Waals surface area contributed by atoms with Gasteiger partial charge >= 0.3 is 0 Å². The highest BCUT2D eigenvalue weighted by Crippen LogP contribution is 2.39. The second-order valence-corrected chi connectivity index (χ2v) is 10.7. The van der Waals surface area contributed by atoms with Crippen LogP contribution in [0.25, 0.3) is 0 Å². The van der Waals surface area contributed by atoms with Gasteiger partial charge in [-0.1, -0.05) is 36.4 Å². The minimum atomic E-state index is -3.73. The number of ether oxygens (including phenoxy) is 1. The fraction of sp³-hybridized carbons (Fsp3) is 0.458. The lowest BCUT2D eigenvalue weighted by Crippen LogP contribution is -2.51. The van der Waals surface area contributed by atoms with Crippen LogP contribution in [0.2, 0.25) is 0 Å². The summed E-state index contributed by atoms with van der Waals surface area (Å²) >= 11 is 0. The Labute approximate surface area is 188 Å². The molecular weight excluding hydrogens is 431 g/mol. The van der Waals surface area contributed by atoms with E-state index in [9.17, 15) is 17.6 Å². The van der Waals surface area contributed by atoms with Gasteiger partial charge in [0.05, 0.1) is 10.5 Å². The first-order valence-corrected chi connectivity index (χ1v) is 12.5. The highest BCUT2D eigenvalue weighted by atomic mass is 32.2. The number of benzene rings is 2. The molecule has 1 atom stereocenters. The fourth-order valence-corrected chi connectivity index (χ4v) is 6.17. The molecule has 1 N–H and O–H groups in total. The van der Waals surface area contributed by atoms with Crippen LogP contribution >= 0.6 is 0 Å². The summed E-state index contributed by atoms with van der Waals surface area (Å²) in [6, 6.07) is 14.9. The van der Waals surface area contributed by atoms with Crippen molar-refractivity contribution in [3.05, 3.63) is 66.0 Å². The molecule has 6 nitrogen and oxygen atoms in total. The van der Waals surface area contributed by atoms with Gasteiger partial charge in [0.1, 0.15) is 5.82 Å². The molecule has 32 heavy (non-hydrogen) atoms. The highest BCUT2D eigenvalue weighted by Gasteiger charge is 2.43. The van der Waals surface area contributed by atoms with Gasteiger partial charge in [0.2, 0.25) is 15.9 Å². The lowest BCUT2D eigenvalue weighted by Gasteiger charge is -2.45. The van der Waals surface area contributed by atoms with E-state index in [0.717, 1.165) is 24.5 Å². The number of hydrogen-bond acceptors (Lipinski definition) is 4. The van der Waals surface area contributed by atoms with Crippen molar-refractivity contribution in [3.63, 3.8) is 0 Å². The van der Waals surface area contributed by atoms with Crippen LogP contribution in [-0.2, 0) is 26.1 Å². The quantitative estimate of drug-likeness (QED) is 0.716. The van der Waals surface area contributed by atoms with Gasteiger partial charge in [0.25, 0.3) is 0 Å². The largest absolute Gasteiger partial charge is 0.375 e. The standard InChI is InChI=1S/C24H29FN2O4S/c25-21-7-4-8-22(16-21)32(29,30)27-12-10-24(11-13-27)17-20(9-14-31-24)15-23(28)26-18-19-5-2-1-3-6-19/h1-8,16,20H,9-15,17-18H2,(H,26,28). The molecule has 2 aromatic rings. The van der Waals surface area contributed by atoms with E-state index in [-0.39, 0.29) is 16.7 Å². The number of hydrogen-bond donors (Lipinski definition) is 1. The highest BCUT2D eigenvalue weighted by molar-refractivity contribution is 7.89. The Morgan fingerprint density at radius 3 is 2.59 bits per heavy atom. The molecule has 4 rings (SSSR count). The Kier molecular flexibility index (Phi) is 6.93. The zero-order chi connectivity index (χ0) is 22.6. The summed E-state index contributed by atoms with van der Waals surface area (Å²) in [5.41, 5.74) is 0.674. The van der Waals surface area contributed by atoms with Gasteiger partial charge in [-0.2, -0.15) is 4.31 Å². The van der Waals surface area contributed by atoms with Crippen molar-refractivity contribution >= 4 is 15.9 Å². The van der Waals surface area contributed by atoms with Crippen LogP contribution in [-0.4, -0.2) is 43.9 Å². The van der Waals surface area contributed by atoms with E-state index in [1.807, 2.05) is 30.3 Å². The van der Waals surface area contributed by atoms with Gasteiger partial charge in [-0.15, -0.1) is 0 Å². The summed E-state index contributed by atoms with van der Waals surface area (Å²) in [5, 5.41) is 2.99. The Bertz CT molecular complexity index is 1040. The molecule has 0 aromatic heterocycles. The predicted molar refractivity (Wildman–Crippen MR) is 119 cm³/mol. The van der Waals surface area contributed by atoms with Crippen LogP contribution in [0.1, 0.15) is 37.7 Å². The fourth-order valence-electron chi connectivity index (χ4n) is 4.69. The molecule has 2 aliphatic heterocycles. The molecule has 8 heteroatoms. The molecule has 1 spiro atoms. The van der Waals surface area contributed by atoms with Crippen LogP contribution in [0.4, 0.5) is 4.39 Å². The Morgan fingerprint density at radius 2 is 1.88 bits per heavy atom. The average Bonchev–Trinajstić information content (AvgIpc) is 2.79. The maximum absolute atomic E-state index is 13.5. The van der Waals surface area contributed by atoms with E-state index in [2.05, 4.69) is 5.32 Å². The van der Waals surface area contributed by atoms with Gasteiger partial charge in [0, 0.05) is 32.7 Å². The molecule has 1 unspecified atom stereocenters. The lowest BCUT2D eigenvalue weighted by atomic mass is 9.78. The molecule has 2 heterocycles. The van der Waals surface area contributed by atoms with Gasteiger partial charge in [0.15, 0.2) is 0 Å². The molecule has 2 saturated heterocycles. The zero-order valence-electron chi connectivity index (χ0n) is 18.0. The first-order chi connectivity index (χ1) is 15.4. The zero-order valence-corrected chi connectivity index (χ0v) is 18.8. The predicted octanol–water partition coefficient (Wildman–Crippen LogP) is 3.48. The SMILES string of the molecule is O=C(CC1CCOC2(CCN(S(=O)(=O)c3cccc(F)c3)CC2)C1)NCc1ccccc1. The number of carbonyl (C=O) groups is 1. The van der Waals surface area contributed by atoms with E-state index < -0.39 is 21.4 Å². The monoisotopic (exact) mass is 460 g/mol. The van der Waals surface area contributed by atoms with Crippen molar-refractivity contribution < 1.29 is 22.3 Å². The van der Waals surface area contributed by atoms with Crippen molar-refractivity contribution in [2.45, 2.75) is 49.1 Å². The maximum Gasteiger partial charge on any atom is 0.243 e. The van der Waals surface area contributed by atoms with E-state index in [1.165, 1.54) is 22.5 Å². The number of sulfonamides is 1. The topological polar surface area (TPSA) is 75.7 Å². The summed E-state index contributed by atoms with van der Waals surface area (Å²) in [5.74, 6) is -0.323. The van der Waals surface area contributed by atoms with Crippen LogP contribution in [0.5, 0.6) is 0 Å². The first-order valence-electron chi connectivity index (χ1n) is 11.1. The van der Waals surface area contributed by atoms with Gasteiger partial charge in [-0.05, 0) is 55.4 Å². The molecule has 0 aliphatic carbocycles. The number of nitrogens with one attached hydrogen (secondary N) is 1. The normalized spacial score (nSPS) is 21.3. The Balaban J connectivity index is 1.31.